The van der Waals surface area contributed by atoms with Gasteiger partial charge in [0.15, 0.2) is 0 Å². The molecule has 0 saturated carbocycles. The van der Waals surface area contributed by atoms with Crippen LogP contribution >= 0.6 is 0 Å². The summed E-state index contributed by atoms with van der Waals surface area (Å²) < 4.78 is 0. The van der Waals surface area contributed by atoms with E-state index in [0.29, 0.717) is 0 Å². The van der Waals surface area contributed by atoms with Gasteiger partial charge in [0, 0.05) is 37.7 Å². The van der Waals surface area contributed by atoms with Crippen LogP contribution in [0.15, 0.2) is 0 Å². The van der Waals surface area contributed by atoms with Gasteiger partial charge in [-0.25, -0.2) is 0 Å². The van der Waals surface area contributed by atoms with Gasteiger partial charge in [-0.05, 0) is 19.4 Å². The molecule has 4 heteroatoms. The SMILES string of the molecule is O=C(O)[C@@H]1CCCN1.[Ca]. The molecule has 0 aliphatic carbocycles. The first-order chi connectivity index (χ1) is 3.80. The Hall–Kier alpha value is 0.690. The fraction of sp³-hybridized carbons (Fsp3) is 0.800. The molecular formula is C5H9CaNO2. The fourth-order valence-corrected chi connectivity index (χ4v) is 0.895. The van der Waals surface area contributed by atoms with E-state index in [-0.39, 0.29) is 43.8 Å². The second-order valence-corrected chi connectivity index (χ2v) is 1.99. The third-order valence-corrected chi connectivity index (χ3v) is 1.36. The molecule has 1 aliphatic rings. The molecule has 0 unspecified atom stereocenters. The van der Waals surface area contributed by atoms with Crippen molar-refractivity contribution in [2.45, 2.75) is 18.9 Å². The van der Waals surface area contributed by atoms with E-state index in [1.165, 1.54) is 0 Å². The van der Waals surface area contributed by atoms with E-state index in [1.54, 1.807) is 0 Å². The minimum absolute atomic E-state index is 0. The Morgan fingerprint density at radius 1 is 1.67 bits per heavy atom. The number of carboxylic acid groups (broad SMARTS) is 1. The second kappa shape index (κ2) is 4.50. The Labute approximate surface area is 83.8 Å². The molecule has 1 aliphatic heterocycles. The number of carboxylic acids is 1. The predicted octanol–water partition coefficient (Wildman–Crippen LogP) is -0.558. The first-order valence-corrected chi connectivity index (χ1v) is 2.77. The molecule has 2 N–H and O–H groups in total. The van der Waals surface area contributed by atoms with Crippen LogP contribution in [0.4, 0.5) is 0 Å². The minimum Gasteiger partial charge on any atom is -0.480 e. The Bertz CT molecular complexity index is 101. The van der Waals surface area contributed by atoms with Crippen LogP contribution in [0.25, 0.3) is 0 Å². The van der Waals surface area contributed by atoms with Crippen LogP contribution in [-0.2, 0) is 4.79 Å². The first-order valence-electron chi connectivity index (χ1n) is 2.77. The van der Waals surface area contributed by atoms with Crippen molar-refractivity contribution in [2.24, 2.45) is 0 Å². The molecule has 0 bridgehead atoms. The largest absolute Gasteiger partial charge is 0.480 e. The maximum absolute atomic E-state index is 10.1. The Balaban J connectivity index is 0.000000640. The van der Waals surface area contributed by atoms with E-state index < -0.39 is 5.97 Å². The van der Waals surface area contributed by atoms with Crippen molar-refractivity contribution in [2.75, 3.05) is 6.54 Å². The summed E-state index contributed by atoms with van der Waals surface area (Å²) in [7, 11) is 0. The summed E-state index contributed by atoms with van der Waals surface area (Å²) in [6.07, 6.45) is 1.78. The van der Waals surface area contributed by atoms with E-state index >= 15 is 0 Å². The van der Waals surface area contributed by atoms with Crippen LogP contribution in [-0.4, -0.2) is 61.4 Å². The number of carbonyl (C=O) groups is 1. The molecule has 0 aromatic rings. The molecule has 1 fully saturated rings. The van der Waals surface area contributed by atoms with Gasteiger partial charge in [-0.15, -0.1) is 0 Å². The number of nitrogens with one attached hydrogen (secondary N) is 1. The zero-order chi connectivity index (χ0) is 5.98. The topological polar surface area (TPSA) is 49.3 Å². The Kier molecular flexibility index (Phi) is 4.84. The normalized spacial score (nSPS) is 25.1. The van der Waals surface area contributed by atoms with Crippen molar-refractivity contribution in [3.8, 4) is 0 Å². The summed E-state index contributed by atoms with van der Waals surface area (Å²) in [5.41, 5.74) is 0. The smallest absolute Gasteiger partial charge is 0.320 e. The number of hydrogen-bond donors (Lipinski definition) is 2. The monoisotopic (exact) mass is 155 g/mol. The van der Waals surface area contributed by atoms with Crippen LogP contribution in [0.3, 0.4) is 0 Å². The summed E-state index contributed by atoms with van der Waals surface area (Å²) in [5.74, 6) is -0.720. The average molecular weight is 155 g/mol. The standard InChI is InChI=1S/C5H9NO2.Ca/c7-5(8)4-2-1-3-6-4;/h4,6H,1-3H2,(H,7,8);/t4-;/m0./s1. The molecule has 1 rings (SSSR count). The van der Waals surface area contributed by atoms with Gasteiger partial charge in [0.25, 0.3) is 0 Å². The molecule has 1 atom stereocenters. The van der Waals surface area contributed by atoms with E-state index in [2.05, 4.69) is 5.32 Å². The zero-order valence-electron chi connectivity index (χ0n) is 5.26. The Morgan fingerprint density at radius 3 is 2.56 bits per heavy atom. The third kappa shape index (κ3) is 2.85. The van der Waals surface area contributed by atoms with Crippen molar-refractivity contribution in [3.05, 3.63) is 0 Å². The molecule has 0 aromatic heterocycles. The van der Waals surface area contributed by atoms with E-state index in [1.807, 2.05) is 0 Å². The first kappa shape index (κ1) is 9.69. The van der Waals surface area contributed by atoms with Crippen molar-refractivity contribution in [3.63, 3.8) is 0 Å². The van der Waals surface area contributed by atoms with Crippen LogP contribution in [0, 0.1) is 0 Å². The molecule has 48 valence electrons. The second-order valence-electron chi connectivity index (χ2n) is 1.99. The van der Waals surface area contributed by atoms with Gasteiger partial charge in [-0.1, -0.05) is 0 Å². The third-order valence-electron chi connectivity index (χ3n) is 1.36. The van der Waals surface area contributed by atoms with Crippen LogP contribution in [0.2, 0.25) is 0 Å². The van der Waals surface area contributed by atoms with Gasteiger partial charge < -0.3 is 10.4 Å². The predicted molar refractivity (Wildman–Crippen MR) is 34.4 cm³/mol. The maximum atomic E-state index is 10.1. The minimum atomic E-state index is -0.720. The van der Waals surface area contributed by atoms with Crippen molar-refractivity contribution in [1.82, 2.24) is 5.32 Å². The van der Waals surface area contributed by atoms with Gasteiger partial charge in [0.2, 0.25) is 0 Å². The number of aliphatic carboxylic acids is 1. The van der Waals surface area contributed by atoms with Crippen molar-refractivity contribution >= 4 is 43.7 Å². The molecule has 0 aromatic carbocycles. The van der Waals surface area contributed by atoms with Gasteiger partial charge in [-0.3, -0.25) is 4.79 Å². The number of rotatable bonds is 1. The van der Waals surface area contributed by atoms with E-state index in [0.717, 1.165) is 19.4 Å². The summed E-state index contributed by atoms with van der Waals surface area (Å²) in [4.78, 5) is 10.1. The molecule has 0 amide bonds. The summed E-state index contributed by atoms with van der Waals surface area (Å²) in [5, 5.41) is 11.2. The van der Waals surface area contributed by atoms with E-state index in [9.17, 15) is 4.79 Å². The van der Waals surface area contributed by atoms with Crippen LogP contribution in [0.1, 0.15) is 12.8 Å². The molecular weight excluding hydrogens is 146 g/mol. The molecule has 1 heterocycles. The van der Waals surface area contributed by atoms with Crippen molar-refractivity contribution in [1.29, 1.82) is 0 Å². The van der Waals surface area contributed by atoms with Gasteiger partial charge >= 0.3 is 5.97 Å². The Morgan fingerprint density at radius 2 is 2.33 bits per heavy atom. The molecule has 1 saturated heterocycles. The molecule has 2 radical (unpaired) electrons. The van der Waals surface area contributed by atoms with Crippen LogP contribution in [0.5, 0.6) is 0 Å². The summed E-state index contributed by atoms with van der Waals surface area (Å²) >= 11 is 0. The van der Waals surface area contributed by atoms with E-state index in [4.69, 9.17) is 5.11 Å². The van der Waals surface area contributed by atoms with Gasteiger partial charge in [-0.2, -0.15) is 0 Å². The van der Waals surface area contributed by atoms with Gasteiger partial charge in [0.05, 0.1) is 0 Å². The number of hydrogen-bond acceptors (Lipinski definition) is 2. The molecule has 3 nitrogen and oxygen atoms in total. The summed E-state index contributed by atoms with van der Waals surface area (Å²) in [6.45, 7) is 0.858. The average Bonchev–Trinajstić information content (AvgIpc) is 2.12. The molecule has 0 spiro atoms. The van der Waals surface area contributed by atoms with Crippen molar-refractivity contribution < 1.29 is 9.90 Å². The summed E-state index contributed by atoms with van der Waals surface area (Å²) in [6, 6.07) is -0.269. The quantitative estimate of drug-likeness (QED) is 0.499. The maximum Gasteiger partial charge on any atom is 0.320 e. The van der Waals surface area contributed by atoms with Gasteiger partial charge in [0.1, 0.15) is 6.04 Å². The molecule has 9 heavy (non-hydrogen) atoms. The van der Waals surface area contributed by atoms with Crippen LogP contribution < -0.4 is 5.32 Å². The fourth-order valence-electron chi connectivity index (χ4n) is 0.895. The zero-order valence-corrected chi connectivity index (χ0v) is 7.47.